The van der Waals surface area contributed by atoms with Crippen molar-refractivity contribution in [3.8, 4) is 0 Å². The summed E-state index contributed by atoms with van der Waals surface area (Å²) in [7, 11) is 2.02. The number of fused-ring (bicyclic) bond motifs is 1. The summed E-state index contributed by atoms with van der Waals surface area (Å²) in [5.74, 6) is 1.59. The number of aliphatic hydroxyl groups is 1. The molecule has 0 amide bonds. The topological polar surface area (TPSA) is 63.2 Å². The monoisotopic (exact) mass is 299 g/mol. The molecule has 0 aliphatic heterocycles. The van der Waals surface area contributed by atoms with E-state index in [0.717, 1.165) is 16.9 Å². The van der Waals surface area contributed by atoms with Crippen LogP contribution < -0.4 is 5.32 Å². The number of aryl methyl sites for hydroxylation is 1. The lowest BCUT2D eigenvalue weighted by molar-refractivity contribution is 0.128. The van der Waals surface area contributed by atoms with Crippen molar-refractivity contribution in [3.63, 3.8) is 0 Å². The Hall–Kier alpha value is -2.11. The van der Waals surface area contributed by atoms with E-state index >= 15 is 0 Å². The predicted molar refractivity (Wildman–Crippen MR) is 85.3 cm³/mol. The number of rotatable bonds is 6. The minimum absolute atomic E-state index is 0.153. The van der Waals surface area contributed by atoms with E-state index in [-0.39, 0.29) is 6.04 Å². The number of furan rings is 1. The van der Waals surface area contributed by atoms with Crippen LogP contribution in [0.5, 0.6) is 0 Å². The predicted octanol–water partition coefficient (Wildman–Crippen LogP) is 2.77. The molecule has 116 valence electrons. The highest BCUT2D eigenvalue weighted by Crippen LogP contribution is 2.19. The second-order valence-electron chi connectivity index (χ2n) is 5.62. The molecule has 0 bridgehead atoms. The van der Waals surface area contributed by atoms with Gasteiger partial charge in [0.25, 0.3) is 0 Å². The van der Waals surface area contributed by atoms with E-state index < -0.39 is 6.10 Å². The van der Waals surface area contributed by atoms with Crippen molar-refractivity contribution in [3.05, 3.63) is 54.2 Å². The third-order valence-electron chi connectivity index (χ3n) is 3.94. The molecule has 2 heterocycles. The number of benzene rings is 1. The molecule has 0 saturated heterocycles. The van der Waals surface area contributed by atoms with Crippen LogP contribution in [0.1, 0.15) is 31.0 Å². The van der Waals surface area contributed by atoms with Crippen molar-refractivity contribution < 1.29 is 9.52 Å². The Kier molecular flexibility index (Phi) is 4.27. The van der Waals surface area contributed by atoms with Gasteiger partial charge >= 0.3 is 0 Å². The first-order valence-corrected chi connectivity index (χ1v) is 7.50. The van der Waals surface area contributed by atoms with Crippen LogP contribution in [0, 0.1) is 0 Å². The lowest BCUT2D eigenvalue weighted by Crippen LogP contribution is -2.28. The van der Waals surface area contributed by atoms with E-state index in [9.17, 15) is 5.11 Å². The second-order valence-corrected chi connectivity index (χ2v) is 5.62. The Bertz CT molecular complexity index is 734. The van der Waals surface area contributed by atoms with E-state index in [1.54, 1.807) is 18.4 Å². The van der Waals surface area contributed by atoms with Crippen LogP contribution in [-0.2, 0) is 13.6 Å². The van der Waals surface area contributed by atoms with Crippen LogP contribution >= 0.6 is 0 Å². The summed E-state index contributed by atoms with van der Waals surface area (Å²) in [5.41, 5.74) is 2.13. The maximum atomic E-state index is 10.1. The van der Waals surface area contributed by atoms with Crippen molar-refractivity contribution in [1.29, 1.82) is 0 Å². The molecule has 5 heteroatoms. The van der Waals surface area contributed by atoms with Gasteiger partial charge in [-0.25, -0.2) is 4.98 Å². The van der Waals surface area contributed by atoms with E-state index in [2.05, 4.69) is 27.9 Å². The molecule has 2 aromatic heterocycles. The molecule has 3 aromatic rings. The van der Waals surface area contributed by atoms with Gasteiger partial charge in [0, 0.05) is 13.1 Å². The van der Waals surface area contributed by atoms with Crippen molar-refractivity contribution in [2.24, 2.45) is 7.05 Å². The molecule has 0 fully saturated rings. The molecule has 0 aliphatic rings. The van der Waals surface area contributed by atoms with E-state index in [1.807, 2.05) is 25.2 Å². The molecule has 0 radical (unpaired) electrons. The van der Waals surface area contributed by atoms with Crippen LogP contribution in [0.4, 0.5) is 0 Å². The SMILES string of the molecule is CC(CC(O)c1ccco1)NCc1nc2ccccc2n1C. The molecule has 2 N–H and O–H groups in total. The number of hydrogen-bond donors (Lipinski definition) is 2. The molecule has 2 unspecified atom stereocenters. The Morgan fingerprint density at radius 1 is 1.27 bits per heavy atom. The number of imidazole rings is 1. The average molecular weight is 299 g/mol. The summed E-state index contributed by atoms with van der Waals surface area (Å²) in [4.78, 5) is 4.63. The van der Waals surface area contributed by atoms with Gasteiger partial charge in [0.15, 0.2) is 0 Å². The molecule has 0 spiro atoms. The molecular weight excluding hydrogens is 278 g/mol. The Morgan fingerprint density at radius 3 is 2.82 bits per heavy atom. The zero-order valence-corrected chi connectivity index (χ0v) is 12.9. The molecule has 3 rings (SSSR count). The second kappa shape index (κ2) is 6.34. The number of aliphatic hydroxyl groups excluding tert-OH is 1. The first-order chi connectivity index (χ1) is 10.6. The molecule has 5 nitrogen and oxygen atoms in total. The number of nitrogens with one attached hydrogen (secondary N) is 1. The maximum absolute atomic E-state index is 10.1. The van der Waals surface area contributed by atoms with Crippen LogP contribution in [0.2, 0.25) is 0 Å². The normalized spacial score (nSPS) is 14.3. The third kappa shape index (κ3) is 3.05. The van der Waals surface area contributed by atoms with E-state index in [4.69, 9.17) is 4.42 Å². The standard InChI is InChI=1S/C17H21N3O2/c1-12(10-15(21)16-8-5-9-22-16)18-11-17-19-13-6-3-4-7-14(13)20(17)2/h3-9,12,15,18,21H,10-11H2,1-2H3. The van der Waals surface area contributed by atoms with Crippen LogP contribution in [0.15, 0.2) is 47.1 Å². The molecular formula is C17H21N3O2. The number of para-hydroxylation sites is 2. The summed E-state index contributed by atoms with van der Waals surface area (Å²) in [6.45, 7) is 2.71. The minimum Gasteiger partial charge on any atom is -0.467 e. The van der Waals surface area contributed by atoms with Gasteiger partial charge in [0.1, 0.15) is 17.7 Å². The fourth-order valence-electron chi connectivity index (χ4n) is 2.63. The van der Waals surface area contributed by atoms with Gasteiger partial charge in [-0.3, -0.25) is 0 Å². The summed E-state index contributed by atoms with van der Waals surface area (Å²) in [5, 5.41) is 13.5. The fraction of sp³-hybridized carbons (Fsp3) is 0.353. The summed E-state index contributed by atoms with van der Waals surface area (Å²) >= 11 is 0. The lowest BCUT2D eigenvalue weighted by Gasteiger charge is -2.16. The van der Waals surface area contributed by atoms with Gasteiger partial charge in [-0.1, -0.05) is 12.1 Å². The summed E-state index contributed by atoms with van der Waals surface area (Å²) in [6, 6.07) is 11.8. The third-order valence-corrected chi connectivity index (χ3v) is 3.94. The molecule has 0 saturated carbocycles. The highest BCUT2D eigenvalue weighted by atomic mass is 16.4. The Balaban J connectivity index is 1.60. The van der Waals surface area contributed by atoms with Crippen molar-refractivity contribution >= 4 is 11.0 Å². The first-order valence-electron chi connectivity index (χ1n) is 7.50. The molecule has 0 aliphatic carbocycles. The molecule has 2 atom stereocenters. The summed E-state index contributed by atoms with van der Waals surface area (Å²) < 4.78 is 7.32. The van der Waals surface area contributed by atoms with Gasteiger partial charge in [0.05, 0.1) is 23.8 Å². The Morgan fingerprint density at radius 2 is 2.09 bits per heavy atom. The first kappa shape index (κ1) is 14.8. The zero-order chi connectivity index (χ0) is 15.5. The minimum atomic E-state index is -0.585. The maximum Gasteiger partial charge on any atom is 0.132 e. The number of hydrogen-bond acceptors (Lipinski definition) is 4. The van der Waals surface area contributed by atoms with Crippen molar-refractivity contribution in [2.75, 3.05) is 0 Å². The smallest absolute Gasteiger partial charge is 0.132 e. The lowest BCUT2D eigenvalue weighted by atomic mass is 10.1. The molecule has 22 heavy (non-hydrogen) atoms. The Labute approximate surface area is 129 Å². The van der Waals surface area contributed by atoms with Crippen molar-refractivity contribution in [1.82, 2.24) is 14.9 Å². The van der Waals surface area contributed by atoms with Gasteiger partial charge in [-0.05, 0) is 37.6 Å². The average Bonchev–Trinajstić information content (AvgIpc) is 3.14. The highest BCUT2D eigenvalue weighted by Gasteiger charge is 2.15. The van der Waals surface area contributed by atoms with Crippen LogP contribution in [0.3, 0.4) is 0 Å². The van der Waals surface area contributed by atoms with Gasteiger partial charge < -0.3 is 19.4 Å². The zero-order valence-electron chi connectivity index (χ0n) is 12.9. The van der Waals surface area contributed by atoms with Gasteiger partial charge in [-0.2, -0.15) is 0 Å². The summed E-state index contributed by atoms with van der Waals surface area (Å²) in [6.07, 6.45) is 1.59. The van der Waals surface area contributed by atoms with Gasteiger partial charge in [-0.15, -0.1) is 0 Å². The number of nitrogens with zero attached hydrogens (tertiary/aromatic N) is 2. The van der Waals surface area contributed by atoms with E-state index in [0.29, 0.717) is 18.7 Å². The largest absolute Gasteiger partial charge is 0.467 e. The van der Waals surface area contributed by atoms with Crippen molar-refractivity contribution in [2.45, 2.75) is 32.0 Å². The highest BCUT2D eigenvalue weighted by molar-refractivity contribution is 5.75. The number of aromatic nitrogens is 2. The van der Waals surface area contributed by atoms with E-state index in [1.165, 1.54) is 0 Å². The fourth-order valence-corrected chi connectivity index (χ4v) is 2.63. The molecule has 1 aromatic carbocycles. The van der Waals surface area contributed by atoms with Crippen LogP contribution in [-0.4, -0.2) is 20.7 Å². The van der Waals surface area contributed by atoms with Crippen LogP contribution in [0.25, 0.3) is 11.0 Å². The quantitative estimate of drug-likeness (QED) is 0.734. The van der Waals surface area contributed by atoms with Gasteiger partial charge in [0.2, 0.25) is 0 Å².